The van der Waals surface area contributed by atoms with E-state index in [2.05, 4.69) is 20.4 Å². The molecule has 0 saturated heterocycles. The number of anilines is 1. The van der Waals surface area contributed by atoms with E-state index in [-0.39, 0.29) is 12.4 Å². The van der Waals surface area contributed by atoms with Gasteiger partial charge in [-0.1, -0.05) is 6.07 Å². The summed E-state index contributed by atoms with van der Waals surface area (Å²) in [6.07, 6.45) is 1.52. The maximum atomic E-state index is 12.5. The van der Waals surface area contributed by atoms with Gasteiger partial charge < -0.3 is 9.47 Å². The second kappa shape index (κ2) is 8.71. The Bertz CT molecular complexity index is 1130. The summed E-state index contributed by atoms with van der Waals surface area (Å²) in [4.78, 5) is 33.0. The largest absolute Gasteiger partial charge is 0.444 e. The molecule has 1 amide bonds. The number of hydrogen-bond donors (Lipinski definition) is 1. The number of rotatable bonds is 5. The second-order valence-corrected chi connectivity index (χ2v) is 8.31. The van der Waals surface area contributed by atoms with E-state index in [0.29, 0.717) is 23.6 Å². The molecule has 1 N–H and O–H groups in total. The number of ether oxygens (including phenoxy) is 2. The number of nitrogens with one attached hydrogen (secondary N) is 1. The number of nitrogens with zero attached hydrogens (tertiary/aromatic N) is 4. The first-order valence-corrected chi connectivity index (χ1v) is 10.0. The fourth-order valence-corrected chi connectivity index (χ4v) is 3.13. The lowest BCUT2D eigenvalue weighted by molar-refractivity contribution is -0.134. The molecule has 0 aliphatic heterocycles. The van der Waals surface area contributed by atoms with Crippen molar-refractivity contribution in [1.82, 2.24) is 19.6 Å². The molecule has 3 rings (SSSR count). The van der Waals surface area contributed by atoms with E-state index in [1.807, 2.05) is 20.8 Å². The molecule has 0 aliphatic rings. The predicted molar refractivity (Wildman–Crippen MR) is 115 cm³/mol. The maximum absolute atomic E-state index is 12.5. The zero-order chi connectivity index (χ0) is 22.8. The van der Waals surface area contributed by atoms with Gasteiger partial charge in [0.05, 0.1) is 6.42 Å². The molecule has 0 bridgehead atoms. The number of benzene rings is 1. The zero-order valence-corrected chi connectivity index (χ0v) is 18.6. The lowest BCUT2D eigenvalue weighted by Gasteiger charge is -2.20. The Morgan fingerprint density at radius 2 is 1.90 bits per heavy atom. The first kappa shape index (κ1) is 22.2. The molecule has 164 valence electrons. The van der Waals surface area contributed by atoms with Crippen LogP contribution in [0.5, 0.6) is 5.75 Å². The van der Waals surface area contributed by atoms with Crippen LogP contribution in [0.15, 0.2) is 24.5 Å². The van der Waals surface area contributed by atoms with Gasteiger partial charge in [-0.15, -0.1) is 0 Å². The summed E-state index contributed by atoms with van der Waals surface area (Å²) < 4.78 is 12.5. The highest BCUT2D eigenvalue weighted by Gasteiger charge is 2.17. The molecule has 0 fully saturated rings. The molecule has 2 heterocycles. The monoisotopic (exact) mass is 425 g/mol. The van der Waals surface area contributed by atoms with Gasteiger partial charge in [0.15, 0.2) is 0 Å². The van der Waals surface area contributed by atoms with E-state index in [1.54, 1.807) is 43.5 Å². The number of carbonyl (C=O) groups excluding carboxylic acids is 2. The normalized spacial score (nSPS) is 11.4. The Kier molecular flexibility index (Phi) is 6.24. The highest BCUT2D eigenvalue weighted by molar-refractivity contribution is 5.85. The smallest absolute Gasteiger partial charge is 0.412 e. The minimum absolute atomic E-state index is 0.173. The minimum Gasteiger partial charge on any atom is -0.444 e. The van der Waals surface area contributed by atoms with Crippen LogP contribution in [-0.2, 0) is 16.0 Å². The Morgan fingerprint density at radius 1 is 1.16 bits per heavy atom. The fourth-order valence-electron chi connectivity index (χ4n) is 3.13. The molecular formula is C22H27N5O4. The second-order valence-electron chi connectivity index (χ2n) is 8.31. The number of amides is 1. The standard InChI is InChI=1S/C22H27N5O4/c1-13-7-8-16(26-21(29)31-22(4,5)6)11-18(13)30-19(28)10-9-17-14(2)25-20-23-12-24-27(20)15(17)3/h7-8,11-12H,9-10H2,1-6H3,(H,26,29). The molecule has 0 saturated carbocycles. The van der Waals surface area contributed by atoms with Gasteiger partial charge in [-0.2, -0.15) is 10.1 Å². The van der Waals surface area contributed by atoms with Crippen LogP contribution in [0.25, 0.3) is 5.78 Å². The van der Waals surface area contributed by atoms with Crippen LogP contribution >= 0.6 is 0 Å². The Labute approximate surface area is 180 Å². The summed E-state index contributed by atoms with van der Waals surface area (Å²) in [6.45, 7) is 11.0. The molecule has 9 nitrogen and oxygen atoms in total. The molecule has 3 aromatic rings. The molecule has 0 radical (unpaired) electrons. The highest BCUT2D eigenvalue weighted by atomic mass is 16.6. The third kappa shape index (κ3) is 5.56. The third-order valence-electron chi connectivity index (χ3n) is 4.62. The number of hydrogen-bond acceptors (Lipinski definition) is 7. The molecule has 2 aromatic heterocycles. The Hall–Kier alpha value is -3.49. The van der Waals surface area contributed by atoms with E-state index in [1.165, 1.54) is 6.33 Å². The average molecular weight is 425 g/mol. The van der Waals surface area contributed by atoms with Crippen LogP contribution < -0.4 is 10.1 Å². The molecular weight excluding hydrogens is 398 g/mol. The molecule has 0 atom stereocenters. The van der Waals surface area contributed by atoms with E-state index >= 15 is 0 Å². The molecule has 31 heavy (non-hydrogen) atoms. The molecule has 9 heteroatoms. The van der Waals surface area contributed by atoms with Crippen LogP contribution in [0.3, 0.4) is 0 Å². The number of esters is 1. The summed E-state index contributed by atoms with van der Waals surface area (Å²) in [6, 6.07) is 5.10. The van der Waals surface area contributed by atoms with Crippen LogP contribution in [0.4, 0.5) is 10.5 Å². The predicted octanol–water partition coefficient (Wildman–Crippen LogP) is 3.93. The van der Waals surface area contributed by atoms with Crippen molar-refractivity contribution < 1.29 is 19.1 Å². The van der Waals surface area contributed by atoms with Gasteiger partial charge in [-0.25, -0.2) is 14.3 Å². The van der Waals surface area contributed by atoms with Gasteiger partial charge in [0.2, 0.25) is 0 Å². The SMILES string of the molecule is Cc1ccc(NC(=O)OC(C)(C)C)cc1OC(=O)CCc1c(C)nc2ncnn2c1C. The quantitative estimate of drug-likeness (QED) is 0.487. The molecule has 0 unspecified atom stereocenters. The van der Waals surface area contributed by atoms with E-state index < -0.39 is 11.7 Å². The van der Waals surface area contributed by atoms with Crippen molar-refractivity contribution in [3.05, 3.63) is 47.0 Å². The van der Waals surface area contributed by atoms with Crippen LogP contribution in [0.2, 0.25) is 0 Å². The third-order valence-corrected chi connectivity index (χ3v) is 4.62. The summed E-state index contributed by atoms with van der Waals surface area (Å²) in [5.74, 6) is 0.540. The van der Waals surface area contributed by atoms with Crippen molar-refractivity contribution in [3.63, 3.8) is 0 Å². The first-order chi connectivity index (χ1) is 14.5. The van der Waals surface area contributed by atoms with Crippen molar-refractivity contribution in [2.45, 2.75) is 60.0 Å². The topological polar surface area (TPSA) is 108 Å². The van der Waals surface area contributed by atoms with Gasteiger partial charge in [0.25, 0.3) is 5.78 Å². The number of carbonyl (C=O) groups is 2. The number of aryl methyl sites for hydroxylation is 3. The van der Waals surface area contributed by atoms with Crippen molar-refractivity contribution in [2.75, 3.05) is 5.32 Å². The molecule has 1 aromatic carbocycles. The average Bonchev–Trinajstić information content (AvgIpc) is 3.11. The van der Waals surface area contributed by atoms with Crippen LogP contribution in [0, 0.1) is 20.8 Å². The Balaban J connectivity index is 1.66. The fraction of sp³-hybridized carbons (Fsp3) is 0.409. The van der Waals surface area contributed by atoms with Crippen LogP contribution in [0.1, 0.15) is 49.7 Å². The summed E-state index contributed by atoms with van der Waals surface area (Å²) in [5, 5.41) is 6.81. The van der Waals surface area contributed by atoms with Crippen molar-refractivity contribution in [1.29, 1.82) is 0 Å². The van der Waals surface area contributed by atoms with Gasteiger partial charge in [-0.3, -0.25) is 10.1 Å². The summed E-state index contributed by atoms with van der Waals surface area (Å²) in [7, 11) is 0. The first-order valence-electron chi connectivity index (χ1n) is 10.0. The zero-order valence-electron chi connectivity index (χ0n) is 18.6. The summed E-state index contributed by atoms with van der Waals surface area (Å²) in [5.41, 5.74) is 3.30. The lowest BCUT2D eigenvalue weighted by Crippen LogP contribution is -2.27. The Morgan fingerprint density at radius 3 is 2.61 bits per heavy atom. The van der Waals surface area contributed by atoms with Crippen molar-refractivity contribution >= 4 is 23.5 Å². The van der Waals surface area contributed by atoms with Gasteiger partial charge in [0.1, 0.15) is 17.7 Å². The number of aromatic nitrogens is 4. The maximum Gasteiger partial charge on any atom is 0.412 e. The lowest BCUT2D eigenvalue weighted by atomic mass is 10.1. The minimum atomic E-state index is -0.607. The van der Waals surface area contributed by atoms with E-state index in [0.717, 1.165) is 22.5 Å². The summed E-state index contributed by atoms with van der Waals surface area (Å²) >= 11 is 0. The highest BCUT2D eigenvalue weighted by Crippen LogP contribution is 2.24. The van der Waals surface area contributed by atoms with Gasteiger partial charge in [-0.05, 0) is 65.2 Å². The number of fused-ring (bicyclic) bond motifs is 1. The molecule has 0 aliphatic carbocycles. The van der Waals surface area contributed by atoms with Crippen molar-refractivity contribution in [3.8, 4) is 5.75 Å². The van der Waals surface area contributed by atoms with Crippen LogP contribution in [-0.4, -0.2) is 37.2 Å². The van der Waals surface area contributed by atoms with E-state index in [9.17, 15) is 9.59 Å². The molecule has 0 spiro atoms. The van der Waals surface area contributed by atoms with Gasteiger partial charge >= 0.3 is 12.1 Å². The van der Waals surface area contributed by atoms with Crippen molar-refractivity contribution in [2.24, 2.45) is 0 Å². The van der Waals surface area contributed by atoms with E-state index in [4.69, 9.17) is 9.47 Å². The van der Waals surface area contributed by atoms with Gasteiger partial charge in [0, 0.05) is 23.1 Å².